The first-order valence-electron chi connectivity index (χ1n) is 6.57. The van der Waals surface area contributed by atoms with E-state index in [9.17, 15) is 0 Å². The molecule has 0 saturated carbocycles. The SMILES string of the molecule is Cc1c(N)cccc1SCc1cc(Br)cc2c1OCC2. The second-order valence-electron chi connectivity index (χ2n) is 4.91. The summed E-state index contributed by atoms with van der Waals surface area (Å²) in [5.74, 6) is 1.97. The van der Waals surface area contributed by atoms with Gasteiger partial charge in [0.1, 0.15) is 5.75 Å². The summed E-state index contributed by atoms with van der Waals surface area (Å²) in [5.41, 5.74) is 10.5. The molecule has 1 aliphatic rings. The molecule has 0 bridgehead atoms. The number of nitrogens with two attached hydrogens (primary N) is 1. The summed E-state index contributed by atoms with van der Waals surface area (Å²) in [6.07, 6.45) is 1.00. The molecule has 0 radical (unpaired) electrons. The van der Waals surface area contributed by atoms with Crippen molar-refractivity contribution in [3.63, 3.8) is 0 Å². The monoisotopic (exact) mass is 349 g/mol. The average Bonchev–Trinajstić information content (AvgIpc) is 2.88. The van der Waals surface area contributed by atoms with Crippen molar-refractivity contribution >= 4 is 33.4 Å². The van der Waals surface area contributed by atoms with Gasteiger partial charge >= 0.3 is 0 Å². The molecule has 0 saturated heterocycles. The fourth-order valence-electron chi connectivity index (χ4n) is 2.40. The van der Waals surface area contributed by atoms with Crippen LogP contribution in [0.3, 0.4) is 0 Å². The molecule has 0 unspecified atom stereocenters. The van der Waals surface area contributed by atoms with Crippen LogP contribution in [0.2, 0.25) is 0 Å². The van der Waals surface area contributed by atoms with Crippen molar-refractivity contribution in [2.45, 2.75) is 24.0 Å². The summed E-state index contributed by atoms with van der Waals surface area (Å²) >= 11 is 5.39. The van der Waals surface area contributed by atoms with E-state index in [1.807, 2.05) is 23.9 Å². The van der Waals surface area contributed by atoms with E-state index in [-0.39, 0.29) is 0 Å². The number of benzene rings is 2. The predicted octanol–water partition coefficient (Wildman–Crippen LogP) is 4.57. The summed E-state index contributed by atoms with van der Waals surface area (Å²) in [4.78, 5) is 1.23. The average molecular weight is 350 g/mol. The summed E-state index contributed by atoms with van der Waals surface area (Å²) in [7, 11) is 0. The van der Waals surface area contributed by atoms with Gasteiger partial charge in [0.05, 0.1) is 6.61 Å². The molecule has 0 fully saturated rings. The Bertz CT molecular complexity index is 657. The number of nitrogen functional groups attached to an aromatic ring is 1. The van der Waals surface area contributed by atoms with Crippen LogP contribution < -0.4 is 10.5 Å². The first-order chi connectivity index (χ1) is 9.65. The number of anilines is 1. The van der Waals surface area contributed by atoms with Gasteiger partial charge in [-0.2, -0.15) is 0 Å². The predicted molar refractivity (Wildman–Crippen MR) is 88.5 cm³/mol. The zero-order valence-corrected chi connectivity index (χ0v) is 13.7. The maximum Gasteiger partial charge on any atom is 0.126 e. The summed E-state index contributed by atoms with van der Waals surface area (Å²) in [6.45, 7) is 2.86. The third-order valence-electron chi connectivity index (χ3n) is 3.53. The zero-order chi connectivity index (χ0) is 14.1. The van der Waals surface area contributed by atoms with E-state index in [4.69, 9.17) is 10.5 Å². The lowest BCUT2D eigenvalue weighted by molar-refractivity contribution is 0.354. The molecule has 3 rings (SSSR count). The van der Waals surface area contributed by atoms with E-state index in [1.165, 1.54) is 16.0 Å². The lowest BCUT2D eigenvalue weighted by Gasteiger charge is -2.11. The molecule has 0 aromatic heterocycles. The lowest BCUT2D eigenvalue weighted by atomic mass is 10.1. The van der Waals surface area contributed by atoms with Crippen molar-refractivity contribution in [3.05, 3.63) is 51.5 Å². The minimum atomic E-state index is 0.792. The minimum absolute atomic E-state index is 0.792. The molecule has 4 heteroatoms. The fourth-order valence-corrected chi connectivity index (χ4v) is 3.98. The van der Waals surface area contributed by atoms with Gasteiger partial charge in [-0.1, -0.05) is 22.0 Å². The molecule has 2 aromatic carbocycles. The Morgan fingerprint density at radius 2 is 2.20 bits per heavy atom. The number of fused-ring (bicyclic) bond motifs is 1. The first kappa shape index (κ1) is 13.8. The molecule has 1 aliphatic heterocycles. The first-order valence-corrected chi connectivity index (χ1v) is 8.35. The second kappa shape index (κ2) is 5.70. The molecule has 104 valence electrons. The molecule has 0 atom stereocenters. The smallest absolute Gasteiger partial charge is 0.126 e. The van der Waals surface area contributed by atoms with Crippen LogP contribution in [0.1, 0.15) is 16.7 Å². The minimum Gasteiger partial charge on any atom is -0.493 e. The molecular weight excluding hydrogens is 334 g/mol. The van der Waals surface area contributed by atoms with Crippen LogP contribution in [-0.2, 0) is 12.2 Å². The lowest BCUT2D eigenvalue weighted by Crippen LogP contribution is -1.93. The largest absolute Gasteiger partial charge is 0.493 e. The van der Waals surface area contributed by atoms with E-state index in [1.54, 1.807) is 0 Å². The highest BCUT2D eigenvalue weighted by Gasteiger charge is 2.17. The Morgan fingerprint density at radius 3 is 3.05 bits per heavy atom. The van der Waals surface area contributed by atoms with Gasteiger partial charge < -0.3 is 10.5 Å². The van der Waals surface area contributed by atoms with E-state index in [0.717, 1.165) is 40.3 Å². The normalized spacial score (nSPS) is 13.1. The van der Waals surface area contributed by atoms with Crippen LogP contribution in [0.4, 0.5) is 5.69 Å². The van der Waals surface area contributed by atoms with Crippen molar-refractivity contribution in [2.75, 3.05) is 12.3 Å². The number of halogens is 1. The highest BCUT2D eigenvalue weighted by molar-refractivity contribution is 9.10. The van der Waals surface area contributed by atoms with E-state index < -0.39 is 0 Å². The van der Waals surface area contributed by atoms with Crippen LogP contribution in [0.15, 0.2) is 39.7 Å². The second-order valence-corrected chi connectivity index (χ2v) is 6.84. The van der Waals surface area contributed by atoms with E-state index in [2.05, 4.69) is 41.1 Å². The molecule has 2 nitrogen and oxygen atoms in total. The Kier molecular flexibility index (Phi) is 3.94. The van der Waals surface area contributed by atoms with Gasteiger partial charge in [0.15, 0.2) is 0 Å². The molecule has 0 aliphatic carbocycles. The summed E-state index contributed by atoms with van der Waals surface area (Å²) < 4.78 is 6.89. The van der Waals surface area contributed by atoms with Gasteiger partial charge in [0.25, 0.3) is 0 Å². The highest BCUT2D eigenvalue weighted by atomic mass is 79.9. The van der Waals surface area contributed by atoms with Gasteiger partial charge in [-0.15, -0.1) is 11.8 Å². The van der Waals surface area contributed by atoms with Crippen molar-refractivity contribution in [2.24, 2.45) is 0 Å². The van der Waals surface area contributed by atoms with Crippen LogP contribution in [0, 0.1) is 6.92 Å². The third kappa shape index (κ3) is 2.67. The molecule has 2 N–H and O–H groups in total. The van der Waals surface area contributed by atoms with Crippen molar-refractivity contribution in [1.82, 2.24) is 0 Å². The Labute approximate surface area is 131 Å². The summed E-state index contributed by atoms with van der Waals surface area (Å²) in [6, 6.07) is 10.4. The Balaban J connectivity index is 1.84. The Morgan fingerprint density at radius 1 is 1.35 bits per heavy atom. The Hall–Kier alpha value is -1.13. The number of hydrogen-bond acceptors (Lipinski definition) is 3. The molecule has 0 spiro atoms. The third-order valence-corrected chi connectivity index (χ3v) is 5.20. The number of thioether (sulfide) groups is 1. The van der Waals surface area contributed by atoms with Crippen molar-refractivity contribution < 1.29 is 4.74 Å². The van der Waals surface area contributed by atoms with E-state index >= 15 is 0 Å². The van der Waals surface area contributed by atoms with Crippen LogP contribution >= 0.6 is 27.7 Å². The van der Waals surface area contributed by atoms with Gasteiger partial charge in [-0.05, 0) is 42.3 Å². The van der Waals surface area contributed by atoms with Crippen LogP contribution in [0.5, 0.6) is 5.75 Å². The van der Waals surface area contributed by atoms with Gasteiger partial charge in [-0.3, -0.25) is 0 Å². The maximum atomic E-state index is 5.96. The fraction of sp³-hybridized carbons (Fsp3) is 0.250. The summed E-state index contributed by atoms with van der Waals surface area (Å²) in [5, 5.41) is 0. The molecule has 2 aromatic rings. The standard InChI is InChI=1S/C16H16BrNOS/c1-10-14(18)3-2-4-15(10)20-9-12-8-13(17)7-11-5-6-19-16(11)12/h2-4,7-8H,5-6,9,18H2,1H3. The van der Waals surface area contributed by atoms with Gasteiger partial charge in [-0.25, -0.2) is 0 Å². The molecule has 1 heterocycles. The quantitative estimate of drug-likeness (QED) is 0.651. The molecule has 0 amide bonds. The molecular formula is C16H16BrNOS. The number of ether oxygens (including phenoxy) is 1. The zero-order valence-electron chi connectivity index (χ0n) is 11.3. The van der Waals surface area contributed by atoms with Gasteiger partial charge in [0, 0.05) is 32.8 Å². The highest BCUT2D eigenvalue weighted by Crippen LogP contribution is 2.37. The van der Waals surface area contributed by atoms with Crippen molar-refractivity contribution in [3.8, 4) is 5.75 Å². The molecule has 20 heavy (non-hydrogen) atoms. The number of hydrogen-bond donors (Lipinski definition) is 1. The van der Waals surface area contributed by atoms with Crippen molar-refractivity contribution in [1.29, 1.82) is 0 Å². The van der Waals surface area contributed by atoms with Crippen LogP contribution in [0.25, 0.3) is 0 Å². The topological polar surface area (TPSA) is 35.2 Å². The number of rotatable bonds is 3. The maximum absolute atomic E-state index is 5.96. The van der Waals surface area contributed by atoms with Gasteiger partial charge in [0.2, 0.25) is 0 Å². The van der Waals surface area contributed by atoms with Crippen LogP contribution in [-0.4, -0.2) is 6.61 Å². The van der Waals surface area contributed by atoms with E-state index in [0.29, 0.717) is 0 Å².